The number of nitro groups is 1. The number of hydrogen-bond donors (Lipinski definition) is 0. The molecule has 0 amide bonds. The molecule has 2 rings (SSSR count). The maximum atomic E-state index is 10.8. The van der Waals surface area contributed by atoms with Gasteiger partial charge in [0.15, 0.2) is 0 Å². The summed E-state index contributed by atoms with van der Waals surface area (Å²) in [6, 6.07) is 14.1. The lowest BCUT2D eigenvalue weighted by atomic mass is 10.2. The highest BCUT2D eigenvalue weighted by molar-refractivity contribution is 5.34. The second kappa shape index (κ2) is 8.14. The second-order valence-corrected chi connectivity index (χ2v) is 5.19. The van der Waals surface area contributed by atoms with Crippen molar-refractivity contribution in [1.82, 2.24) is 4.90 Å². The summed E-state index contributed by atoms with van der Waals surface area (Å²) in [5.74, 6) is 1.58. The van der Waals surface area contributed by atoms with Gasteiger partial charge in [0.25, 0.3) is 5.69 Å². The Bertz CT molecular complexity index is 643. The van der Waals surface area contributed by atoms with Gasteiger partial charge < -0.3 is 9.47 Å². The van der Waals surface area contributed by atoms with E-state index in [-0.39, 0.29) is 10.6 Å². The molecule has 0 N–H and O–H groups in total. The van der Waals surface area contributed by atoms with Crippen molar-refractivity contribution in [3.05, 3.63) is 64.2 Å². The maximum Gasteiger partial charge on any atom is 0.269 e. The van der Waals surface area contributed by atoms with E-state index in [0.29, 0.717) is 19.7 Å². The molecule has 0 saturated carbocycles. The van der Waals surface area contributed by atoms with Crippen LogP contribution in [0.4, 0.5) is 5.69 Å². The largest absolute Gasteiger partial charge is 0.497 e. The van der Waals surface area contributed by atoms with E-state index in [1.807, 2.05) is 37.4 Å². The predicted molar refractivity (Wildman–Crippen MR) is 87.9 cm³/mol. The Morgan fingerprint density at radius 2 is 1.83 bits per heavy atom. The highest BCUT2D eigenvalue weighted by Crippen LogP contribution is 2.17. The minimum absolute atomic E-state index is 0.116. The molecule has 0 unspecified atom stereocenters. The molecule has 0 saturated heterocycles. The molecular weight excluding hydrogens is 296 g/mol. The van der Waals surface area contributed by atoms with Crippen molar-refractivity contribution in [2.45, 2.75) is 6.54 Å². The van der Waals surface area contributed by atoms with Crippen molar-refractivity contribution < 1.29 is 14.4 Å². The summed E-state index contributed by atoms with van der Waals surface area (Å²) in [6.45, 7) is 1.89. The number of rotatable bonds is 8. The third-order valence-electron chi connectivity index (χ3n) is 3.38. The number of nitro benzene ring substituents is 1. The summed E-state index contributed by atoms with van der Waals surface area (Å²) >= 11 is 0. The third-order valence-corrected chi connectivity index (χ3v) is 3.38. The lowest BCUT2D eigenvalue weighted by Gasteiger charge is -2.17. The average Bonchev–Trinajstić information content (AvgIpc) is 2.55. The molecule has 0 aliphatic rings. The van der Waals surface area contributed by atoms with Gasteiger partial charge in [-0.05, 0) is 36.9 Å². The van der Waals surface area contributed by atoms with Crippen LogP contribution in [-0.4, -0.2) is 37.1 Å². The molecule has 23 heavy (non-hydrogen) atoms. The summed E-state index contributed by atoms with van der Waals surface area (Å²) in [6.07, 6.45) is 0. The third kappa shape index (κ3) is 5.27. The van der Waals surface area contributed by atoms with E-state index in [4.69, 9.17) is 9.47 Å². The first kappa shape index (κ1) is 16.8. The lowest BCUT2D eigenvalue weighted by molar-refractivity contribution is -0.384. The van der Waals surface area contributed by atoms with Crippen LogP contribution in [0.5, 0.6) is 11.5 Å². The molecular formula is C17H20N2O4. The Labute approximate surface area is 135 Å². The topological polar surface area (TPSA) is 64.8 Å². The molecule has 0 aliphatic carbocycles. The minimum atomic E-state index is -0.379. The number of benzene rings is 2. The van der Waals surface area contributed by atoms with Crippen molar-refractivity contribution in [1.29, 1.82) is 0 Å². The van der Waals surface area contributed by atoms with E-state index in [1.165, 1.54) is 6.07 Å². The number of nitrogens with zero attached hydrogens (tertiary/aromatic N) is 2. The first-order chi connectivity index (χ1) is 11.1. The number of likely N-dealkylation sites (N-methyl/N-ethyl adjacent to an activating group) is 1. The number of ether oxygens (including phenoxy) is 2. The van der Waals surface area contributed by atoms with Crippen LogP contribution in [0, 0.1) is 10.1 Å². The van der Waals surface area contributed by atoms with Crippen LogP contribution in [0.25, 0.3) is 0 Å². The van der Waals surface area contributed by atoms with E-state index in [2.05, 4.69) is 4.90 Å². The van der Waals surface area contributed by atoms with Gasteiger partial charge in [-0.15, -0.1) is 0 Å². The van der Waals surface area contributed by atoms with Gasteiger partial charge in [0.2, 0.25) is 0 Å². The summed E-state index contributed by atoms with van der Waals surface area (Å²) in [4.78, 5) is 12.5. The standard InChI is InChI=1S/C17H20N2O4/c1-18(13-14-4-3-5-15(12-14)19(20)21)10-11-23-17-8-6-16(22-2)7-9-17/h3-9,12H,10-11,13H2,1-2H3. The Balaban J connectivity index is 1.79. The number of non-ortho nitro benzene ring substituents is 1. The number of methoxy groups -OCH3 is 1. The van der Waals surface area contributed by atoms with Crippen LogP contribution in [-0.2, 0) is 6.54 Å². The van der Waals surface area contributed by atoms with Gasteiger partial charge in [-0.3, -0.25) is 15.0 Å². The highest BCUT2D eigenvalue weighted by atomic mass is 16.6. The van der Waals surface area contributed by atoms with Crippen LogP contribution in [0.3, 0.4) is 0 Å². The molecule has 0 bridgehead atoms. The Morgan fingerprint density at radius 1 is 1.13 bits per heavy atom. The SMILES string of the molecule is COc1ccc(OCCN(C)Cc2cccc([N+](=O)[O-])c2)cc1. The van der Waals surface area contributed by atoms with Crippen molar-refractivity contribution in [3.8, 4) is 11.5 Å². The fourth-order valence-corrected chi connectivity index (χ4v) is 2.15. The molecule has 6 heteroatoms. The molecule has 0 fully saturated rings. The van der Waals surface area contributed by atoms with Gasteiger partial charge >= 0.3 is 0 Å². The second-order valence-electron chi connectivity index (χ2n) is 5.19. The van der Waals surface area contributed by atoms with Crippen LogP contribution >= 0.6 is 0 Å². The molecule has 0 aromatic heterocycles. The molecule has 0 atom stereocenters. The highest BCUT2D eigenvalue weighted by Gasteiger charge is 2.07. The van der Waals surface area contributed by atoms with E-state index in [1.54, 1.807) is 19.2 Å². The zero-order valence-electron chi connectivity index (χ0n) is 13.3. The zero-order valence-corrected chi connectivity index (χ0v) is 13.3. The van der Waals surface area contributed by atoms with Crippen LogP contribution < -0.4 is 9.47 Å². The first-order valence-electron chi connectivity index (χ1n) is 7.27. The molecule has 6 nitrogen and oxygen atoms in total. The average molecular weight is 316 g/mol. The maximum absolute atomic E-state index is 10.8. The monoisotopic (exact) mass is 316 g/mol. The van der Waals surface area contributed by atoms with E-state index in [0.717, 1.165) is 17.1 Å². The lowest BCUT2D eigenvalue weighted by Crippen LogP contribution is -2.23. The summed E-state index contributed by atoms with van der Waals surface area (Å²) < 4.78 is 10.8. The van der Waals surface area contributed by atoms with Gasteiger partial charge in [-0.25, -0.2) is 0 Å². The predicted octanol–water partition coefficient (Wildman–Crippen LogP) is 3.11. The Morgan fingerprint density at radius 3 is 2.48 bits per heavy atom. The fourth-order valence-electron chi connectivity index (χ4n) is 2.15. The van der Waals surface area contributed by atoms with E-state index < -0.39 is 0 Å². The van der Waals surface area contributed by atoms with E-state index in [9.17, 15) is 10.1 Å². The molecule has 0 aliphatic heterocycles. The zero-order chi connectivity index (χ0) is 16.7. The molecule has 122 valence electrons. The van der Waals surface area contributed by atoms with Crippen molar-refractivity contribution in [2.75, 3.05) is 27.3 Å². The number of hydrogen-bond acceptors (Lipinski definition) is 5. The molecule has 0 heterocycles. The molecule has 2 aromatic carbocycles. The summed E-state index contributed by atoms with van der Waals surface area (Å²) in [7, 11) is 3.58. The Hall–Kier alpha value is -2.60. The summed E-state index contributed by atoms with van der Waals surface area (Å²) in [5.41, 5.74) is 1.02. The van der Waals surface area contributed by atoms with E-state index >= 15 is 0 Å². The quantitative estimate of drug-likeness (QED) is 0.553. The first-order valence-corrected chi connectivity index (χ1v) is 7.27. The van der Waals surface area contributed by atoms with Crippen molar-refractivity contribution >= 4 is 5.69 Å². The van der Waals surface area contributed by atoms with Crippen molar-refractivity contribution in [2.24, 2.45) is 0 Å². The molecule has 0 spiro atoms. The smallest absolute Gasteiger partial charge is 0.269 e. The van der Waals surface area contributed by atoms with Gasteiger partial charge in [0, 0.05) is 25.2 Å². The van der Waals surface area contributed by atoms with Crippen molar-refractivity contribution in [3.63, 3.8) is 0 Å². The van der Waals surface area contributed by atoms with Gasteiger partial charge in [-0.1, -0.05) is 12.1 Å². The van der Waals surface area contributed by atoms with Gasteiger partial charge in [0.05, 0.1) is 12.0 Å². The van der Waals surface area contributed by atoms with Gasteiger partial charge in [-0.2, -0.15) is 0 Å². The normalized spacial score (nSPS) is 10.6. The Kier molecular flexibility index (Phi) is 5.94. The van der Waals surface area contributed by atoms with Gasteiger partial charge in [0.1, 0.15) is 18.1 Å². The molecule has 2 aromatic rings. The molecule has 0 radical (unpaired) electrons. The summed E-state index contributed by atoms with van der Waals surface area (Å²) in [5, 5.41) is 10.8. The van der Waals surface area contributed by atoms with Crippen LogP contribution in [0.1, 0.15) is 5.56 Å². The van der Waals surface area contributed by atoms with Crippen LogP contribution in [0.15, 0.2) is 48.5 Å². The fraction of sp³-hybridized carbons (Fsp3) is 0.294. The van der Waals surface area contributed by atoms with Crippen LogP contribution in [0.2, 0.25) is 0 Å². The minimum Gasteiger partial charge on any atom is -0.497 e.